The number of aromatic nitrogens is 1. The van der Waals surface area contributed by atoms with Gasteiger partial charge in [0.05, 0.1) is 0 Å². The molecule has 0 atom stereocenters. The molecule has 0 saturated carbocycles. The minimum Gasteiger partial charge on any atom is -0.443 e. The summed E-state index contributed by atoms with van der Waals surface area (Å²) in [7, 11) is 0. The van der Waals surface area contributed by atoms with Crippen molar-refractivity contribution < 1.29 is 13.6 Å². The molecule has 94 valence electrons. The van der Waals surface area contributed by atoms with Crippen LogP contribution in [0.4, 0.5) is 4.39 Å². The number of hydrogen-bond donors (Lipinski definition) is 1. The molecule has 2 rings (SSSR count). The number of rotatable bonds is 3. The first-order valence-electron chi connectivity index (χ1n) is 5.58. The molecule has 0 aliphatic heterocycles. The summed E-state index contributed by atoms with van der Waals surface area (Å²) in [6, 6.07) is 5.71. The average molecular weight is 248 g/mol. The predicted molar refractivity (Wildman–Crippen MR) is 64.5 cm³/mol. The number of amides is 1. The van der Waals surface area contributed by atoms with Crippen molar-refractivity contribution in [3.8, 4) is 11.3 Å². The van der Waals surface area contributed by atoms with Crippen molar-refractivity contribution in [3.05, 3.63) is 42.2 Å². The molecule has 0 radical (unpaired) electrons. The molecular weight excluding hydrogens is 235 g/mol. The molecule has 0 unspecified atom stereocenters. The summed E-state index contributed by atoms with van der Waals surface area (Å²) in [5.74, 6) is -0.308. The third kappa shape index (κ3) is 2.56. The maximum atomic E-state index is 12.8. The predicted octanol–water partition coefficient (Wildman–Crippen LogP) is 2.62. The molecule has 0 saturated heterocycles. The largest absolute Gasteiger partial charge is 0.443 e. The van der Waals surface area contributed by atoms with Crippen molar-refractivity contribution >= 4 is 5.91 Å². The van der Waals surface area contributed by atoms with E-state index in [2.05, 4.69) is 10.3 Å². The highest BCUT2D eigenvalue weighted by Gasteiger charge is 2.18. The molecule has 1 amide bonds. The lowest BCUT2D eigenvalue weighted by Gasteiger charge is -2.07. The van der Waals surface area contributed by atoms with Crippen LogP contribution >= 0.6 is 0 Å². The first kappa shape index (κ1) is 12.3. The number of hydrogen-bond acceptors (Lipinski definition) is 3. The Morgan fingerprint density at radius 1 is 1.33 bits per heavy atom. The Labute approximate surface area is 104 Å². The van der Waals surface area contributed by atoms with Gasteiger partial charge in [-0.05, 0) is 38.1 Å². The molecular formula is C13H13FN2O2. The average Bonchev–Trinajstić information content (AvgIpc) is 2.78. The Kier molecular flexibility index (Phi) is 3.41. The second-order valence-corrected chi connectivity index (χ2v) is 4.17. The van der Waals surface area contributed by atoms with Gasteiger partial charge >= 0.3 is 0 Å². The number of nitrogens with zero attached hydrogens (tertiary/aromatic N) is 1. The second kappa shape index (κ2) is 5.00. The van der Waals surface area contributed by atoms with Gasteiger partial charge in [0, 0.05) is 11.6 Å². The molecule has 1 aromatic carbocycles. The third-order valence-corrected chi connectivity index (χ3v) is 2.31. The Morgan fingerprint density at radius 2 is 2.00 bits per heavy atom. The standard InChI is InChI=1S/C13H13FN2O2/c1-8(2)16-13(17)11-12(18-7-15-11)9-3-5-10(14)6-4-9/h3-8H,1-2H3,(H,16,17). The molecule has 4 nitrogen and oxygen atoms in total. The molecule has 0 aliphatic carbocycles. The normalized spacial score (nSPS) is 10.7. The SMILES string of the molecule is CC(C)NC(=O)c1ncoc1-c1ccc(F)cc1. The third-order valence-electron chi connectivity index (χ3n) is 2.31. The lowest BCUT2D eigenvalue weighted by Crippen LogP contribution is -2.30. The van der Waals surface area contributed by atoms with Crippen molar-refractivity contribution in [1.29, 1.82) is 0 Å². The summed E-state index contributed by atoms with van der Waals surface area (Å²) in [4.78, 5) is 15.8. The van der Waals surface area contributed by atoms with E-state index in [1.807, 2.05) is 13.8 Å². The molecule has 0 fully saturated rings. The van der Waals surface area contributed by atoms with Gasteiger partial charge in [0.1, 0.15) is 5.82 Å². The van der Waals surface area contributed by atoms with Crippen molar-refractivity contribution in [3.63, 3.8) is 0 Å². The smallest absolute Gasteiger partial charge is 0.274 e. The van der Waals surface area contributed by atoms with Crippen molar-refractivity contribution in [2.24, 2.45) is 0 Å². The molecule has 0 spiro atoms. The van der Waals surface area contributed by atoms with E-state index in [1.54, 1.807) is 12.1 Å². The second-order valence-electron chi connectivity index (χ2n) is 4.17. The summed E-state index contributed by atoms with van der Waals surface area (Å²) in [6.45, 7) is 3.71. The van der Waals surface area contributed by atoms with Crippen molar-refractivity contribution in [2.45, 2.75) is 19.9 Å². The van der Waals surface area contributed by atoms with Crippen molar-refractivity contribution in [2.75, 3.05) is 0 Å². The summed E-state index contributed by atoms with van der Waals surface area (Å²) in [5.41, 5.74) is 0.818. The Balaban J connectivity index is 2.33. The van der Waals surface area contributed by atoms with Gasteiger partial charge in [0.25, 0.3) is 5.91 Å². The fourth-order valence-electron chi connectivity index (χ4n) is 1.54. The lowest BCUT2D eigenvalue weighted by molar-refractivity contribution is 0.0939. The number of carbonyl (C=O) groups is 1. The minimum absolute atomic E-state index is 0.00951. The molecule has 2 aromatic rings. The van der Waals surface area contributed by atoms with Crippen molar-refractivity contribution in [1.82, 2.24) is 10.3 Å². The van der Waals surface area contributed by atoms with Gasteiger partial charge < -0.3 is 9.73 Å². The quantitative estimate of drug-likeness (QED) is 0.908. The summed E-state index contributed by atoms with van der Waals surface area (Å²) in [5, 5.41) is 2.73. The summed E-state index contributed by atoms with van der Waals surface area (Å²) < 4.78 is 18.0. The van der Waals surface area contributed by atoms with Crippen LogP contribution in [0.2, 0.25) is 0 Å². The molecule has 0 aliphatic rings. The number of carbonyl (C=O) groups excluding carboxylic acids is 1. The monoisotopic (exact) mass is 248 g/mol. The number of oxazole rings is 1. The molecule has 1 aromatic heterocycles. The first-order chi connectivity index (χ1) is 8.58. The van der Waals surface area contributed by atoms with Gasteiger partial charge in [-0.3, -0.25) is 4.79 Å². The maximum Gasteiger partial charge on any atom is 0.274 e. The highest BCUT2D eigenvalue weighted by atomic mass is 19.1. The number of nitrogens with one attached hydrogen (secondary N) is 1. The van der Waals surface area contributed by atoms with Gasteiger partial charge in [0.15, 0.2) is 17.8 Å². The van der Waals surface area contributed by atoms with Gasteiger partial charge in [-0.15, -0.1) is 0 Å². The Morgan fingerprint density at radius 3 is 2.61 bits per heavy atom. The number of benzene rings is 1. The molecule has 0 bridgehead atoms. The van der Waals surface area contributed by atoms with Crippen LogP contribution in [-0.4, -0.2) is 16.9 Å². The Bertz CT molecular complexity index is 546. The maximum absolute atomic E-state index is 12.8. The van der Waals surface area contributed by atoms with Crippen LogP contribution < -0.4 is 5.32 Å². The minimum atomic E-state index is -0.341. The topological polar surface area (TPSA) is 55.1 Å². The zero-order valence-electron chi connectivity index (χ0n) is 10.1. The molecule has 5 heteroatoms. The molecule has 18 heavy (non-hydrogen) atoms. The molecule has 1 heterocycles. The summed E-state index contributed by atoms with van der Waals surface area (Å²) in [6.07, 6.45) is 1.20. The van der Waals surface area contributed by atoms with Crippen LogP contribution in [-0.2, 0) is 0 Å². The first-order valence-corrected chi connectivity index (χ1v) is 5.58. The van der Waals surface area contributed by atoms with Crippen LogP contribution in [0.1, 0.15) is 24.3 Å². The summed E-state index contributed by atoms with van der Waals surface area (Å²) >= 11 is 0. The fourth-order valence-corrected chi connectivity index (χ4v) is 1.54. The zero-order valence-corrected chi connectivity index (χ0v) is 10.1. The van der Waals surface area contributed by atoms with Crippen LogP contribution in [0.5, 0.6) is 0 Å². The van der Waals surface area contributed by atoms with E-state index in [-0.39, 0.29) is 23.5 Å². The number of halogens is 1. The van der Waals surface area contributed by atoms with Gasteiger partial charge in [-0.25, -0.2) is 9.37 Å². The highest BCUT2D eigenvalue weighted by Crippen LogP contribution is 2.23. The van der Waals surface area contributed by atoms with E-state index in [1.165, 1.54) is 18.5 Å². The van der Waals surface area contributed by atoms with E-state index in [9.17, 15) is 9.18 Å². The van der Waals surface area contributed by atoms with Crippen LogP contribution in [0.15, 0.2) is 35.1 Å². The van der Waals surface area contributed by atoms with E-state index in [4.69, 9.17) is 4.42 Å². The fraction of sp³-hybridized carbons (Fsp3) is 0.231. The Hall–Kier alpha value is -2.17. The van der Waals surface area contributed by atoms with Gasteiger partial charge in [-0.1, -0.05) is 0 Å². The van der Waals surface area contributed by atoms with E-state index in [0.717, 1.165) is 0 Å². The van der Waals surface area contributed by atoms with Crippen LogP contribution in [0.3, 0.4) is 0 Å². The van der Waals surface area contributed by atoms with E-state index in [0.29, 0.717) is 11.3 Å². The highest BCUT2D eigenvalue weighted by molar-refractivity contribution is 5.97. The lowest BCUT2D eigenvalue weighted by atomic mass is 10.1. The van der Waals surface area contributed by atoms with Gasteiger partial charge in [0.2, 0.25) is 0 Å². The van der Waals surface area contributed by atoms with Gasteiger partial charge in [-0.2, -0.15) is 0 Å². The van der Waals surface area contributed by atoms with E-state index >= 15 is 0 Å². The molecule has 1 N–H and O–H groups in total. The zero-order chi connectivity index (χ0) is 13.1. The van der Waals surface area contributed by atoms with Crippen LogP contribution in [0.25, 0.3) is 11.3 Å². The van der Waals surface area contributed by atoms with Crippen LogP contribution in [0, 0.1) is 5.82 Å². The van der Waals surface area contributed by atoms with E-state index < -0.39 is 0 Å².